The molecule has 0 aliphatic rings. The highest BCUT2D eigenvalue weighted by Gasteiger charge is 2.05. The summed E-state index contributed by atoms with van der Waals surface area (Å²) in [6.07, 6.45) is 3.07. The van der Waals surface area contributed by atoms with Crippen LogP contribution >= 0.6 is 45.8 Å². The minimum atomic E-state index is -0.137. The van der Waals surface area contributed by atoms with Crippen LogP contribution < -0.4 is 5.32 Å². The lowest BCUT2D eigenvalue weighted by molar-refractivity contribution is 0.104. The van der Waals surface area contributed by atoms with Gasteiger partial charge < -0.3 is 5.32 Å². The summed E-state index contributed by atoms with van der Waals surface area (Å²) < 4.78 is 1.08. The van der Waals surface area contributed by atoms with Crippen molar-refractivity contribution in [3.8, 4) is 0 Å². The summed E-state index contributed by atoms with van der Waals surface area (Å²) in [7, 11) is 0. The van der Waals surface area contributed by atoms with Gasteiger partial charge in [0.2, 0.25) is 0 Å². The molecule has 2 aromatic carbocycles. The van der Waals surface area contributed by atoms with Gasteiger partial charge in [-0.05, 0) is 52.9 Å². The molecule has 0 spiro atoms. The van der Waals surface area contributed by atoms with E-state index in [-0.39, 0.29) is 5.78 Å². The molecule has 2 aromatic rings. The quantitative estimate of drug-likeness (QED) is 0.409. The van der Waals surface area contributed by atoms with Crippen LogP contribution in [0, 0.1) is 3.57 Å². The second-order valence-corrected chi connectivity index (χ2v) is 5.93. The van der Waals surface area contributed by atoms with Crippen molar-refractivity contribution >= 4 is 57.3 Å². The van der Waals surface area contributed by atoms with Crippen LogP contribution in [-0.2, 0) is 0 Å². The minimum Gasteiger partial charge on any atom is -0.361 e. The molecule has 0 atom stereocenters. The summed E-state index contributed by atoms with van der Waals surface area (Å²) in [5.41, 5.74) is 1.45. The lowest BCUT2D eigenvalue weighted by Gasteiger charge is -2.03. The van der Waals surface area contributed by atoms with Crippen LogP contribution in [0.3, 0.4) is 0 Å². The molecule has 20 heavy (non-hydrogen) atoms. The van der Waals surface area contributed by atoms with Crippen molar-refractivity contribution in [2.75, 3.05) is 5.32 Å². The van der Waals surface area contributed by atoms with Gasteiger partial charge in [-0.25, -0.2) is 0 Å². The Morgan fingerprint density at radius 2 is 1.85 bits per heavy atom. The predicted molar refractivity (Wildman–Crippen MR) is 92.7 cm³/mol. The van der Waals surface area contributed by atoms with Gasteiger partial charge in [-0.1, -0.05) is 35.3 Å². The Kier molecular flexibility index (Phi) is 5.46. The molecule has 1 N–H and O–H groups in total. The molecule has 0 heterocycles. The molecule has 0 aromatic heterocycles. The summed E-state index contributed by atoms with van der Waals surface area (Å²) in [4.78, 5) is 12.0. The van der Waals surface area contributed by atoms with Crippen LogP contribution in [0.4, 0.5) is 5.69 Å². The van der Waals surface area contributed by atoms with Gasteiger partial charge in [-0.15, -0.1) is 0 Å². The van der Waals surface area contributed by atoms with E-state index in [0.717, 1.165) is 9.26 Å². The smallest absolute Gasteiger partial charge is 0.187 e. The van der Waals surface area contributed by atoms with Crippen molar-refractivity contribution in [2.24, 2.45) is 0 Å². The Morgan fingerprint density at radius 1 is 1.10 bits per heavy atom. The van der Waals surface area contributed by atoms with Gasteiger partial charge in [-0.3, -0.25) is 4.79 Å². The Hall–Kier alpha value is -1.04. The normalized spacial score (nSPS) is 10.8. The molecule has 0 unspecified atom stereocenters. The molecule has 0 aliphatic heterocycles. The van der Waals surface area contributed by atoms with Crippen LogP contribution in [0.2, 0.25) is 10.0 Å². The number of rotatable bonds is 4. The lowest BCUT2D eigenvalue weighted by Crippen LogP contribution is -1.97. The second-order valence-electron chi connectivity index (χ2n) is 3.95. The highest BCUT2D eigenvalue weighted by atomic mass is 127. The number of nitrogens with one attached hydrogen (secondary N) is 1. The highest BCUT2D eigenvalue weighted by Crippen LogP contribution is 2.23. The van der Waals surface area contributed by atoms with Crippen molar-refractivity contribution in [1.29, 1.82) is 0 Å². The zero-order valence-electron chi connectivity index (χ0n) is 10.2. The number of hydrogen-bond acceptors (Lipinski definition) is 2. The topological polar surface area (TPSA) is 29.1 Å². The highest BCUT2D eigenvalue weighted by molar-refractivity contribution is 14.1. The molecule has 0 radical (unpaired) electrons. The van der Waals surface area contributed by atoms with E-state index in [1.807, 2.05) is 24.3 Å². The fourth-order valence-corrected chi connectivity index (χ4v) is 2.37. The largest absolute Gasteiger partial charge is 0.361 e. The molecule has 0 saturated heterocycles. The third kappa shape index (κ3) is 3.98. The van der Waals surface area contributed by atoms with Gasteiger partial charge in [0, 0.05) is 21.4 Å². The van der Waals surface area contributed by atoms with E-state index in [2.05, 4.69) is 27.9 Å². The van der Waals surface area contributed by atoms with E-state index in [1.165, 1.54) is 6.08 Å². The maximum atomic E-state index is 12.0. The summed E-state index contributed by atoms with van der Waals surface area (Å²) in [6.45, 7) is 0. The zero-order valence-corrected chi connectivity index (χ0v) is 13.9. The van der Waals surface area contributed by atoms with E-state index >= 15 is 0 Å². The van der Waals surface area contributed by atoms with Gasteiger partial charge >= 0.3 is 0 Å². The fraction of sp³-hybridized carbons (Fsp3) is 0. The van der Waals surface area contributed by atoms with E-state index < -0.39 is 0 Å². The van der Waals surface area contributed by atoms with E-state index in [1.54, 1.807) is 24.4 Å². The van der Waals surface area contributed by atoms with Crippen molar-refractivity contribution in [2.45, 2.75) is 0 Å². The molecule has 2 nitrogen and oxygen atoms in total. The first-order valence-electron chi connectivity index (χ1n) is 5.75. The second kappa shape index (κ2) is 7.11. The zero-order chi connectivity index (χ0) is 14.5. The third-order valence-electron chi connectivity index (χ3n) is 2.55. The lowest BCUT2D eigenvalue weighted by atomic mass is 10.1. The van der Waals surface area contributed by atoms with Crippen molar-refractivity contribution in [3.05, 3.63) is 73.9 Å². The predicted octanol–water partition coefficient (Wildman–Crippen LogP) is 5.41. The number of allylic oxidation sites excluding steroid dienone is 1. The molecule has 2 rings (SSSR count). The summed E-state index contributed by atoms with van der Waals surface area (Å²) >= 11 is 13.9. The molecule has 0 bridgehead atoms. The van der Waals surface area contributed by atoms with E-state index in [4.69, 9.17) is 23.2 Å². The first kappa shape index (κ1) is 15.4. The van der Waals surface area contributed by atoms with E-state index in [9.17, 15) is 4.79 Å². The SMILES string of the molecule is O=C(/C=C/Nc1ccccc1I)c1ccc(Cl)c(Cl)c1. The maximum absolute atomic E-state index is 12.0. The molecular formula is C15H10Cl2INO. The number of carbonyl (C=O) groups is 1. The Morgan fingerprint density at radius 3 is 2.55 bits per heavy atom. The van der Waals surface area contributed by atoms with Crippen molar-refractivity contribution in [3.63, 3.8) is 0 Å². The summed E-state index contributed by atoms with van der Waals surface area (Å²) in [5, 5.41) is 3.88. The van der Waals surface area contributed by atoms with Crippen LogP contribution in [0.25, 0.3) is 0 Å². The minimum absolute atomic E-state index is 0.137. The number of ketones is 1. The van der Waals surface area contributed by atoms with E-state index in [0.29, 0.717) is 15.6 Å². The molecule has 102 valence electrons. The standard InChI is InChI=1S/C15H10Cl2INO/c16-11-6-5-10(9-12(11)17)15(20)7-8-19-14-4-2-1-3-13(14)18/h1-9,19H/b8-7+. The van der Waals surface area contributed by atoms with Gasteiger partial charge in [0.15, 0.2) is 5.78 Å². The molecule has 0 amide bonds. The molecular weight excluding hydrogens is 408 g/mol. The van der Waals surface area contributed by atoms with Crippen LogP contribution in [0.15, 0.2) is 54.7 Å². The number of para-hydroxylation sites is 1. The van der Waals surface area contributed by atoms with Crippen molar-refractivity contribution in [1.82, 2.24) is 0 Å². The molecule has 0 aliphatic carbocycles. The first-order valence-corrected chi connectivity index (χ1v) is 7.58. The number of anilines is 1. The van der Waals surface area contributed by atoms with Crippen molar-refractivity contribution < 1.29 is 4.79 Å². The number of carbonyl (C=O) groups excluding carboxylic acids is 1. The average Bonchev–Trinajstić information content (AvgIpc) is 2.44. The average molecular weight is 418 g/mol. The van der Waals surface area contributed by atoms with Gasteiger partial charge in [0.25, 0.3) is 0 Å². The number of halogens is 3. The molecule has 0 fully saturated rings. The first-order chi connectivity index (χ1) is 9.58. The third-order valence-corrected chi connectivity index (χ3v) is 4.23. The molecule has 5 heteroatoms. The number of benzene rings is 2. The monoisotopic (exact) mass is 417 g/mol. The Balaban J connectivity index is 2.06. The van der Waals surface area contributed by atoms with Gasteiger partial charge in [0.05, 0.1) is 15.7 Å². The fourth-order valence-electron chi connectivity index (χ4n) is 1.53. The maximum Gasteiger partial charge on any atom is 0.187 e. The van der Waals surface area contributed by atoms with Crippen LogP contribution in [-0.4, -0.2) is 5.78 Å². The van der Waals surface area contributed by atoms with Gasteiger partial charge in [0.1, 0.15) is 0 Å². The number of hydrogen-bond donors (Lipinski definition) is 1. The van der Waals surface area contributed by atoms with Crippen LogP contribution in [0.5, 0.6) is 0 Å². The van der Waals surface area contributed by atoms with Gasteiger partial charge in [-0.2, -0.15) is 0 Å². The Labute approximate surface area is 140 Å². The van der Waals surface area contributed by atoms with Crippen LogP contribution in [0.1, 0.15) is 10.4 Å². The summed E-state index contributed by atoms with van der Waals surface area (Å²) in [5.74, 6) is -0.137. The Bertz CT molecular complexity index is 671. The summed E-state index contributed by atoms with van der Waals surface area (Å²) in [6, 6.07) is 12.6. The molecule has 0 saturated carbocycles.